The summed E-state index contributed by atoms with van der Waals surface area (Å²) in [5.41, 5.74) is 0.0404. The molecule has 2 rings (SSSR count). The second kappa shape index (κ2) is 8.11. The molecule has 2 aliphatic rings. The number of nitrogens with zero attached hydrogens (tertiary/aromatic N) is 1. The molecule has 0 bridgehead atoms. The molecule has 21 heavy (non-hydrogen) atoms. The Morgan fingerprint density at radius 1 is 1.24 bits per heavy atom. The van der Waals surface area contributed by atoms with Crippen molar-refractivity contribution in [3.05, 3.63) is 0 Å². The maximum absolute atomic E-state index is 12.4. The van der Waals surface area contributed by atoms with Crippen LogP contribution >= 0.6 is 12.4 Å². The van der Waals surface area contributed by atoms with Crippen molar-refractivity contribution < 1.29 is 8.42 Å². The van der Waals surface area contributed by atoms with Gasteiger partial charge >= 0.3 is 0 Å². The summed E-state index contributed by atoms with van der Waals surface area (Å²) in [4.78, 5) is 0. The summed E-state index contributed by atoms with van der Waals surface area (Å²) >= 11 is 0. The fourth-order valence-corrected chi connectivity index (χ4v) is 4.62. The van der Waals surface area contributed by atoms with Crippen LogP contribution in [0.2, 0.25) is 0 Å². The summed E-state index contributed by atoms with van der Waals surface area (Å²) in [5, 5.41) is 3.36. The van der Waals surface area contributed by atoms with Crippen LogP contribution in [-0.2, 0) is 10.2 Å². The molecule has 0 amide bonds. The average Bonchev–Trinajstić information content (AvgIpc) is 2.46. The van der Waals surface area contributed by atoms with Crippen LogP contribution < -0.4 is 10.0 Å². The average molecular weight is 340 g/mol. The molecule has 2 fully saturated rings. The Balaban J connectivity index is 0.00000220. The first kappa shape index (κ1) is 19.2. The first-order valence-electron chi connectivity index (χ1n) is 7.86. The molecule has 126 valence electrons. The van der Waals surface area contributed by atoms with E-state index < -0.39 is 10.2 Å². The van der Waals surface area contributed by atoms with E-state index in [0.29, 0.717) is 6.54 Å². The van der Waals surface area contributed by atoms with Crippen molar-refractivity contribution in [1.82, 2.24) is 14.3 Å². The van der Waals surface area contributed by atoms with Gasteiger partial charge in [-0.2, -0.15) is 12.7 Å². The van der Waals surface area contributed by atoms with Crippen molar-refractivity contribution in [2.75, 3.05) is 26.7 Å². The molecule has 1 unspecified atom stereocenters. The Morgan fingerprint density at radius 2 is 1.90 bits per heavy atom. The third kappa shape index (κ3) is 5.36. The summed E-state index contributed by atoms with van der Waals surface area (Å²) < 4.78 is 29.2. The van der Waals surface area contributed by atoms with Gasteiger partial charge in [-0.1, -0.05) is 26.2 Å². The number of hydrogen-bond donors (Lipinski definition) is 2. The molecular formula is C14H30ClN3O2S. The van der Waals surface area contributed by atoms with Gasteiger partial charge in [0.2, 0.25) is 0 Å². The SMILES string of the molecule is CN(C1CCCCC1)S(=O)(=O)NCC1(C)CCCNC1.Cl. The summed E-state index contributed by atoms with van der Waals surface area (Å²) in [6.07, 6.45) is 7.72. The zero-order valence-corrected chi connectivity index (χ0v) is 14.9. The maximum atomic E-state index is 12.4. The van der Waals surface area contributed by atoms with Crippen LogP contribution in [0.5, 0.6) is 0 Å². The number of halogens is 1. The largest absolute Gasteiger partial charge is 0.316 e. The first-order chi connectivity index (χ1) is 9.43. The molecule has 1 heterocycles. The van der Waals surface area contributed by atoms with Crippen molar-refractivity contribution in [3.63, 3.8) is 0 Å². The Morgan fingerprint density at radius 3 is 2.48 bits per heavy atom. The van der Waals surface area contributed by atoms with E-state index in [2.05, 4.69) is 17.0 Å². The van der Waals surface area contributed by atoms with Crippen molar-refractivity contribution in [1.29, 1.82) is 0 Å². The summed E-state index contributed by atoms with van der Waals surface area (Å²) in [6, 6.07) is 0.179. The van der Waals surface area contributed by atoms with Crippen LogP contribution in [0, 0.1) is 5.41 Å². The maximum Gasteiger partial charge on any atom is 0.279 e. The molecule has 1 saturated carbocycles. The minimum absolute atomic E-state index is 0. The van der Waals surface area contributed by atoms with Crippen LogP contribution in [0.15, 0.2) is 0 Å². The van der Waals surface area contributed by atoms with E-state index in [1.165, 1.54) is 6.42 Å². The van der Waals surface area contributed by atoms with E-state index in [1.54, 1.807) is 11.4 Å². The Hall–Kier alpha value is 0.120. The third-order valence-corrected chi connectivity index (χ3v) is 6.40. The van der Waals surface area contributed by atoms with Gasteiger partial charge in [-0.05, 0) is 37.6 Å². The highest BCUT2D eigenvalue weighted by molar-refractivity contribution is 7.87. The Kier molecular flexibility index (Phi) is 7.40. The van der Waals surface area contributed by atoms with Crippen molar-refractivity contribution in [2.45, 2.75) is 57.9 Å². The molecule has 1 atom stereocenters. The highest BCUT2D eigenvalue weighted by atomic mass is 35.5. The lowest BCUT2D eigenvalue weighted by Gasteiger charge is -2.36. The molecule has 5 nitrogen and oxygen atoms in total. The topological polar surface area (TPSA) is 61.4 Å². The van der Waals surface area contributed by atoms with E-state index in [1.807, 2.05) is 0 Å². The van der Waals surface area contributed by atoms with E-state index in [4.69, 9.17) is 0 Å². The van der Waals surface area contributed by atoms with Crippen LogP contribution in [0.3, 0.4) is 0 Å². The van der Waals surface area contributed by atoms with Gasteiger partial charge in [0.25, 0.3) is 10.2 Å². The lowest BCUT2D eigenvalue weighted by atomic mass is 9.83. The highest BCUT2D eigenvalue weighted by Crippen LogP contribution is 2.26. The predicted molar refractivity (Wildman–Crippen MR) is 89.0 cm³/mol. The quantitative estimate of drug-likeness (QED) is 0.804. The number of piperidine rings is 1. The molecule has 0 aromatic rings. The predicted octanol–water partition coefficient (Wildman–Crippen LogP) is 1.90. The van der Waals surface area contributed by atoms with Crippen molar-refractivity contribution in [3.8, 4) is 0 Å². The van der Waals surface area contributed by atoms with Gasteiger partial charge < -0.3 is 5.32 Å². The zero-order chi connectivity index (χ0) is 14.6. The number of hydrogen-bond acceptors (Lipinski definition) is 3. The lowest BCUT2D eigenvalue weighted by Crippen LogP contribution is -2.50. The van der Waals surface area contributed by atoms with Gasteiger partial charge in [-0.15, -0.1) is 12.4 Å². The molecule has 0 aromatic heterocycles. The number of nitrogens with one attached hydrogen (secondary N) is 2. The van der Waals surface area contributed by atoms with Crippen LogP contribution in [0.25, 0.3) is 0 Å². The van der Waals surface area contributed by atoms with Gasteiger partial charge in [-0.3, -0.25) is 0 Å². The van der Waals surface area contributed by atoms with Crippen LogP contribution in [0.1, 0.15) is 51.9 Å². The summed E-state index contributed by atoms with van der Waals surface area (Å²) in [6.45, 7) is 4.62. The van der Waals surface area contributed by atoms with Crippen molar-refractivity contribution in [2.24, 2.45) is 5.41 Å². The monoisotopic (exact) mass is 339 g/mol. The van der Waals surface area contributed by atoms with E-state index in [0.717, 1.165) is 51.6 Å². The molecule has 0 spiro atoms. The Labute approximate surface area is 135 Å². The van der Waals surface area contributed by atoms with E-state index in [-0.39, 0.29) is 23.9 Å². The van der Waals surface area contributed by atoms with Gasteiger partial charge in [0.1, 0.15) is 0 Å². The van der Waals surface area contributed by atoms with Gasteiger partial charge in [0.15, 0.2) is 0 Å². The molecule has 0 aromatic carbocycles. The number of rotatable bonds is 5. The third-order valence-electron chi connectivity index (χ3n) is 4.84. The van der Waals surface area contributed by atoms with Gasteiger partial charge in [-0.25, -0.2) is 4.72 Å². The Bertz CT molecular complexity index is 404. The van der Waals surface area contributed by atoms with Crippen molar-refractivity contribution >= 4 is 22.6 Å². The van der Waals surface area contributed by atoms with Gasteiger partial charge in [0, 0.05) is 26.2 Å². The van der Waals surface area contributed by atoms with E-state index in [9.17, 15) is 8.42 Å². The summed E-state index contributed by atoms with van der Waals surface area (Å²) in [7, 11) is -1.62. The fraction of sp³-hybridized carbons (Fsp3) is 1.00. The standard InChI is InChI=1S/C14H29N3O2S.ClH/c1-14(9-6-10-15-11-14)12-16-20(18,19)17(2)13-7-4-3-5-8-13;/h13,15-16H,3-12H2,1-2H3;1H. The first-order valence-corrected chi connectivity index (χ1v) is 9.30. The second-order valence-corrected chi connectivity index (χ2v) is 8.54. The zero-order valence-electron chi connectivity index (χ0n) is 13.2. The molecule has 7 heteroatoms. The summed E-state index contributed by atoms with van der Waals surface area (Å²) in [5.74, 6) is 0. The molecule has 2 N–H and O–H groups in total. The minimum Gasteiger partial charge on any atom is -0.316 e. The molecule has 1 saturated heterocycles. The molecular weight excluding hydrogens is 310 g/mol. The van der Waals surface area contributed by atoms with E-state index >= 15 is 0 Å². The van der Waals surface area contributed by atoms with Gasteiger partial charge in [0.05, 0.1) is 0 Å². The second-order valence-electron chi connectivity index (χ2n) is 6.73. The molecule has 1 aliphatic heterocycles. The molecule has 1 aliphatic carbocycles. The van der Waals surface area contributed by atoms with Crippen LogP contribution in [0.4, 0.5) is 0 Å². The highest BCUT2D eigenvalue weighted by Gasteiger charge is 2.32. The fourth-order valence-electron chi connectivity index (χ4n) is 3.28. The lowest BCUT2D eigenvalue weighted by molar-refractivity contribution is 0.233. The normalized spacial score (nSPS) is 28.3. The molecule has 0 radical (unpaired) electrons. The van der Waals surface area contributed by atoms with Crippen LogP contribution in [-0.4, -0.2) is 45.4 Å². The smallest absolute Gasteiger partial charge is 0.279 e. The minimum atomic E-state index is -3.34.